The Kier molecular flexibility index (Phi) is 4.10. The molecule has 4 heteroatoms. The molecule has 0 unspecified atom stereocenters. The molecule has 0 saturated heterocycles. The normalized spacial score (nSPS) is 10.7. The van der Waals surface area contributed by atoms with Crippen molar-refractivity contribution in [1.82, 2.24) is 9.55 Å². The van der Waals surface area contributed by atoms with Crippen LogP contribution in [-0.2, 0) is 6.54 Å². The Morgan fingerprint density at radius 2 is 2.11 bits per heavy atom. The van der Waals surface area contributed by atoms with Crippen LogP contribution in [0.3, 0.4) is 0 Å². The summed E-state index contributed by atoms with van der Waals surface area (Å²) in [7, 11) is 0. The number of hydrogen-bond acceptors (Lipinski definition) is 3. The van der Waals surface area contributed by atoms with E-state index in [1.807, 2.05) is 38.1 Å². The smallest absolute Gasteiger partial charge is 0.131 e. The topological polar surface area (TPSA) is 53.1 Å². The fourth-order valence-electron chi connectivity index (χ4n) is 2.20. The summed E-state index contributed by atoms with van der Waals surface area (Å²) >= 11 is 0. The number of nitrogens with zero attached hydrogens (tertiary/aromatic N) is 2. The van der Waals surface area contributed by atoms with Gasteiger partial charge in [0.05, 0.1) is 6.61 Å². The van der Waals surface area contributed by atoms with Crippen molar-refractivity contribution in [1.29, 1.82) is 0 Å². The molecule has 102 valence electrons. The second-order valence-corrected chi connectivity index (χ2v) is 4.51. The number of nitrogens with two attached hydrogens (primary N) is 1. The van der Waals surface area contributed by atoms with E-state index in [-0.39, 0.29) is 0 Å². The first kappa shape index (κ1) is 13.5. The minimum absolute atomic E-state index is 0.655. The van der Waals surface area contributed by atoms with E-state index in [0.717, 1.165) is 41.6 Å². The fraction of sp³-hybridized carbons (Fsp3) is 0.400. The summed E-state index contributed by atoms with van der Waals surface area (Å²) in [5, 5.41) is 0. The molecule has 19 heavy (non-hydrogen) atoms. The number of ether oxygens (including phenoxy) is 1. The molecular formula is C15H21N3O. The summed E-state index contributed by atoms with van der Waals surface area (Å²) in [6.07, 6.45) is 1.04. The van der Waals surface area contributed by atoms with E-state index in [2.05, 4.69) is 16.5 Å². The minimum Gasteiger partial charge on any atom is -0.494 e. The van der Waals surface area contributed by atoms with Crippen LogP contribution < -0.4 is 10.5 Å². The van der Waals surface area contributed by atoms with Crippen LogP contribution in [-0.4, -0.2) is 16.2 Å². The number of aromatic nitrogens is 2. The van der Waals surface area contributed by atoms with E-state index in [0.29, 0.717) is 6.61 Å². The van der Waals surface area contributed by atoms with Gasteiger partial charge in [-0.2, -0.15) is 0 Å². The molecule has 0 aliphatic rings. The highest BCUT2D eigenvalue weighted by atomic mass is 16.5. The van der Waals surface area contributed by atoms with Crippen molar-refractivity contribution in [3.8, 4) is 17.0 Å². The second-order valence-electron chi connectivity index (χ2n) is 4.51. The molecule has 0 spiro atoms. The van der Waals surface area contributed by atoms with Gasteiger partial charge in [0.1, 0.15) is 23.1 Å². The van der Waals surface area contributed by atoms with E-state index >= 15 is 0 Å². The van der Waals surface area contributed by atoms with Crippen LogP contribution in [0.25, 0.3) is 11.3 Å². The highest BCUT2D eigenvalue weighted by Crippen LogP contribution is 2.29. The third kappa shape index (κ3) is 2.72. The molecule has 0 amide bonds. The zero-order valence-electron chi connectivity index (χ0n) is 11.8. The summed E-state index contributed by atoms with van der Waals surface area (Å²) in [6, 6.07) is 7.90. The number of benzene rings is 1. The molecule has 1 heterocycles. The molecule has 0 radical (unpaired) electrons. The van der Waals surface area contributed by atoms with Gasteiger partial charge in [-0.3, -0.25) is 0 Å². The maximum atomic E-state index is 6.21. The van der Waals surface area contributed by atoms with Crippen LogP contribution in [0.2, 0.25) is 0 Å². The van der Waals surface area contributed by atoms with Crippen molar-refractivity contribution >= 4 is 5.82 Å². The monoisotopic (exact) mass is 259 g/mol. The van der Waals surface area contributed by atoms with Gasteiger partial charge in [-0.15, -0.1) is 0 Å². The van der Waals surface area contributed by atoms with Crippen LogP contribution >= 0.6 is 0 Å². The van der Waals surface area contributed by atoms with Gasteiger partial charge in [-0.1, -0.05) is 19.1 Å². The van der Waals surface area contributed by atoms with Gasteiger partial charge < -0.3 is 15.0 Å². The van der Waals surface area contributed by atoms with Crippen LogP contribution in [0.1, 0.15) is 26.1 Å². The molecule has 0 fully saturated rings. The summed E-state index contributed by atoms with van der Waals surface area (Å²) < 4.78 is 7.58. The van der Waals surface area contributed by atoms with Crippen molar-refractivity contribution in [3.05, 3.63) is 30.1 Å². The Hall–Kier alpha value is -1.97. The van der Waals surface area contributed by atoms with E-state index in [9.17, 15) is 0 Å². The van der Waals surface area contributed by atoms with Gasteiger partial charge in [-0.25, -0.2) is 4.98 Å². The average molecular weight is 259 g/mol. The average Bonchev–Trinajstić information content (AvgIpc) is 2.68. The van der Waals surface area contributed by atoms with E-state index in [1.165, 1.54) is 0 Å². The zero-order valence-corrected chi connectivity index (χ0v) is 11.8. The Morgan fingerprint density at radius 3 is 2.79 bits per heavy atom. The summed E-state index contributed by atoms with van der Waals surface area (Å²) in [4.78, 5) is 4.58. The quantitative estimate of drug-likeness (QED) is 0.896. The predicted molar refractivity (Wildman–Crippen MR) is 78.3 cm³/mol. The Labute approximate surface area is 114 Å². The van der Waals surface area contributed by atoms with Crippen LogP contribution in [0, 0.1) is 6.92 Å². The lowest BCUT2D eigenvalue weighted by Crippen LogP contribution is -2.04. The van der Waals surface area contributed by atoms with Gasteiger partial charge in [0.2, 0.25) is 0 Å². The first-order valence-corrected chi connectivity index (χ1v) is 6.73. The first-order chi connectivity index (χ1) is 9.17. The fourth-order valence-corrected chi connectivity index (χ4v) is 2.20. The highest BCUT2D eigenvalue weighted by molar-refractivity contribution is 5.72. The van der Waals surface area contributed by atoms with Crippen LogP contribution in [0.15, 0.2) is 24.3 Å². The standard InChI is InChI=1S/C15H21N3O/c1-4-9-18-11(3)17-14(15(18)16)12-7-6-8-13(10-12)19-5-2/h6-8,10H,4-5,9,16H2,1-3H3. The van der Waals surface area contributed by atoms with E-state index in [1.54, 1.807) is 0 Å². The molecule has 4 nitrogen and oxygen atoms in total. The maximum Gasteiger partial charge on any atom is 0.131 e. The Balaban J connectivity index is 2.41. The number of rotatable bonds is 5. The highest BCUT2D eigenvalue weighted by Gasteiger charge is 2.13. The van der Waals surface area contributed by atoms with Crippen LogP contribution in [0.4, 0.5) is 5.82 Å². The molecule has 1 aromatic heterocycles. The minimum atomic E-state index is 0.655. The third-order valence-electron chi connectivity index (χ3n) is 3.06. The molecule has 1 aromatic carbocycles. The summed E-state index contributed by atoms with van der Waals surface area (Å²) in [6.45, 7) is 7.65. The van der Waals surface area contributed by atoms with Gasteiger partial charge in [0.25, 0.3) is 0 Å². The molecule has 0 bridgehead atoms. The van der Waals surface area contributed by atoms with Gasteiger partial charge in [0.15, 0.2) is 0 Å². The van der Waals surface area contributed by atoms with E-state index < -0.39 is 0 Å². The second kappa shape index (κ2) is 5.78. The van der Waals surface area contributed by atoms with Gasteiger partial charge in [-0.05, 0) is 32.4 Å². The number of imidazole rings is 1. The Bertz CT molecular complexity index is 561. The van der Waals surface area contributed by atoms with E-state index in [4.69, 9.17) is 10.5 Å². The summed E-state index contributed by atoms with van der Waals surface area (Å²) in [5.74, 6) is 2.53. The largest absolute Gasteiger partial charge is 0.494 e. The molecule has 2 rings (SSSR count). The lowest BCUT2D eigenvalue weighted by atomic mass is 10.1. The lowest BCUT2D eigenvalue weighted by molar-refractivity contribution is 0.340. The molecule has 0 aliphatic carbocycles. The molecule has 2 aromatic rings. The van der Waals surface area contributed by atoms with Crippen molar-refractivity contribution in [2.24, 2.45) is 0 Å². The first-order valence-electron chi connectivity index (χ1n) is 6.73. The van der Waals surface area contributed by atoms with Crippen molar-refractivity contribution in [2.45, 2.75) is 33.7 Å². The number of nitrogen functional groups attached to an aromatic ring is 1. The molecule has 0 saturated carbocycles. The number of aryl methyl sites for hydroxylation is 1. The van der Waals surface area contributed by atoms with Crippen molar-refractivity contribution < 1.29 is 4.74 Å². The number of hydrogen-bond donors (Lipinski definition) is 1. The molecular weight excluding hydrogens is 238 g/mol. The van der Waals surface area contributed by atoms with Gasteiger partial charge >= 0.3 is 0 Å². The number of anilines is 1. The third-order valence-corrected chi connectivity index (χ3v) is 3.06. The SMILES string of the molecule is CCCn1c(C)nc(-c2cccc(OCC)c2)c1N. The van der Waals surface area contributed by atoms with Crippen LogP contribution in [0.5, 0.6) is 5.75 Å². The molecule has 0 aliphatic heterocycles. The van der Waals surface area contributed by atoms with Gasteiger partial charge in [0, 0.05) is 12.1 Å². The molecule has 0 atom stereocenters. The molecule has 2 N–H and O–H groups in total. The lowest BCUT2D eigenvalue weighted by Gasteiger charge is -2.07. The van der Waals surface area contributed by atoms with Crippen molar-refractivity contribution in [3.63, 3.8) is 0 Å². The van der Waals surface area contributed by atoms with Crippen molar-refractivity contribution in [2.75, 3.05) is 12.3 Å². The predicted octanol–water partition coefficient (Wildman–Crippen LogP) is 3.25. The Morgan fingerprint density at radius 1 is 1.32 bits per heavy atom. The summed E-state index contributed by atoms with van der Waals surface area (Å²) in [5.41, 5.74) is 8.05. The zero-order chi connectivity index (χ0) is 13.8. The maximum absolute atomic E-state index is 6.21.